The fraction of sp³-hybridized carbons (Fsp3) is 0.250. The molecular formula is C20H21N3O2. The number of ether oxygens (including phenoxy) is 1. The van der Waals surface area contributed by atoms with Crippen LogP contribution < -0.4 is 0 Å². The van der Waals surface area contributed by atoms with Crippen LogP contribution in [0.25, 0.3) is 22.8 Å². The molecule has 5 nitrogen and oxygen atoms in total. The van der Waals surface area contributed by atoms with Gasteiger partial charge in [-0.1, -0.05) is 60.2 Å². The third-order valence-corrected chi connectivity index (χ3v) is 3.52. The van der Waals surface area contributed by atoms with Gasteiger partial charge in [-0.05, 0) is 27.7 Å². The summed E-state index contributed by atoms with van der Waals surface area (Å²) in [4.78, 5) is 17.2. The van der Waals surface area contributed by atoms with Crippen LogP contribution in [0.4, 0.5) is 4.79 Å². The molecular weight excluding hydrogens is 314 g/mol. The molecule has 0 bridgehead atoms. The van der Waals surface area contributed by atoms with Crippen molar-refractivity contribution in [3.8, 4) is 22.8 Å². The SMILES string of the molecule is Cc1ccc(-c2nc(-c3ccccc3)n(C(=O)OC(C)(C)C)n2)cc1. The normalized spacial score (nSPS) is 11.4. The maximum Gasteiger partial charge on any atom is 0.437 e. The predicted octanol–water partition coefficient (Wildman–Crippen LogP) is 4.70. The Morgan fingerprint density at radius 1 is 0.960 bits per heavy atom. The van der Waals surface area contributed by atoms with Crippen molar-refractivity contribution < 1.29 is 9.53 Å². The molecule has 0 saturated heterocycles. The number of benzene rings is 2. The molecule has 0 unspecified atom stereocenters. The van der Waals surface area contributed by atoms with E-state index in [9.17, 15) is 4.79 Å². The average Bonchev–Trinajstić information content (AvgIpc) is 3.00. The first-order valence-corrected chi connectivity index (χ1v) is 8.16. The van der Waals surface area contributed by atoms with Crippen molar-refractivity contribution >= 4 is 6.09 Å². The van der Waals surface area contributed by atoms with Crippen LogP contribution in [0, 0.1) is 6.92 Å². The topological polar surface area (TPSA) is 57.0 Å². The number of hydrogen-bond acceptors (Lipinski definition) is 4. The molecule has 3 rings (SSSR count). The van der Waals surface area contributed by atoms with Gasteiger partial charge < -0.3 is 4.74 Å². The van der Waals surface area contributed by atoms with Crippen molar-refractivity contribution in [2.24, 2.45) is 0 Å². The molecule has 0 aliphatic rings. The quantitative estimate of drug-likeness (QED) is 0.681. The van der Waals surface area contributed by atoms with Crippen LogP contribution in [0.5, 0.6) is 0 Å². The summed E-state index contributed by atoms with van der Waals surface area (Å²) in [6.07, 6.45) is -0.544. The van der Waals surface area contributed by atoms with E-state index in [0.29, 0.717) is 11.6 Å². The maximum absolute atomic E-state index is 12.6. The van der Waals surface area contributed by atoms with E-state index in [4.69, 9.17) is 4.74 Å². The summed E-state index contributed by atoms with van der Waals surface area (Å²) < 4.78 is 6.71. The van der Waals surface area contributed by atoms with Crippen molar-refractivity contribution in [3.05, 3.63) is 60.2 Å². The van der Waals surface area contributed by atoms with Crippen molar-refractivity contribution in [3.63, 3.8) is 0 Å². The molecule has 0 radical (unpaired) electrons. The highest BCUT2D eigenvalue weighted by Crippen LogP contribution is 2.23. The number of carbonyl (C=O) groups excluding carboxylic acids is 1. The minimum absolute atomic E-state index is 0.463. The van der Waals surface area contributed by atoms with E-state index in [0.717, 1.165) is 16.7 Å². The van der Waals surface area contributed by atoms with Gasteiger partial charge in [0, 0.05) is 11.1 Å². The van der Waals surface area contributed by atoms with Crippen molar-refractivity contribution in [1.29, 1.82) is 0 Å². The molecule has 1 heterocycles. The molecule has 0 aliphatic heterocycles. The molecule has 2 aromatic carbocycles. The van der Waals surface area contributed by atoms with E-state index < -0.39 is 11.7 Å². The van der Waals surface area contributed by atoms with Crippen LogP contribution in [0.2, 0.25) is 0 Å². The van der Waals surface area contributed by atoms with Crippen LogP contribution in [0.15, 0.2) is 54.6 Å². The summed E-state index contributed by atoms with van der Waals surface area (Å²) in [7, 11) is 0. The molecule has 0 aliphatic carbocycles. The fourth-order valence-corrected chi connectivity index (χ4v) is 2.34. The molecule has 0 N–H and O–H groups in total. The Balaban J connectivity index is 2.08. The summed E-state index contributed by atoms with van der Waals surface area (Å²) in [5.41, 5.74) is 2.20. The van der Waals surface area contributed by atoms with Crippen LogP contribution >= 0.6 is 0 Å². The van der Waals surface area contributed by atoms with Gasteiger partial charge in [-0.25, -0.2) is 9.78 Å². The van der Waals surface area contributed by atoms with Crippen molar-refractivity contribution in [1.82, 2.24) is 14.8 Å². The second-order valence-electron chi connectivity index (χ2n) is 6.88. The molecule has 3 aromatic rings. The van der Waals surface area contributed by atoms with Crippen LogP contribution in [0.1, 0.15) is 26.3 Å². The molecule has 0 saturated carbocycles. The molecule has 0 fully saturated rings. The van der Waals surface area contributed by atoms with Crippen LogP contribution in [0.3, 0.4) is 0 Å². The second kappa shape index (κ2) is 6.51. The van der Waals surface area contributed by atoms with Gasteiger partial charge in [-0.15, -0.1) is 9.78 Å². The molecule has 128 valence electrons. The highest BCUT2D eigenvalue weighted by atomic mass is 16.6. The number of rotatable bonds is 2. The molecule has 1 aromatic heterocycles. The van der Waals surface area contributed by atoms with E-state index >= 15 is 0 Å². The number of nitrogens with zero attached hydrogens (tertiary/aromatic N) is 3. The largest absolute Gasteiger partial charge is 0.442 e. The van der Waals surface area contributed by atoms with E-state index in [1.54, 1.807) is 0 Å². The zero-order valence-corrected chi connectivity index (χ0v) is 14.9. The lowest BCUT2D eigenvalue weighted by molar-refractivity contribution is 0.0517. The smallest absolute Gasteiger partial charge is 0.437 e. The fourth-order valence-electron chi connectivity index (χ4n) is 2.34. The molecule has 0 spiro atoms. The predicted molar refractivity (Wildman–Crippen MR) is 97.3 cm³/mol. The maximum atomic E-state index is 12.6. The van der Waals surface area contributed by atoms with Crippen molar-refractivity contribution in [2.75, 3.05) is 0 Å². The molecule has 0 atom stereocenters. The summed E-state index contributed by atoms with van der Waals surface area (Å²) in [5, 5.41) is 4.40. The number of aryl methyl sites for hydroxylation is 1. The Bertz CT molecular complexity index is 876. The average molecular weight is 335 g/mol. The van der Waals surface area contributed by atoms with Gasteiger partial charge in [0.2, 0.25) is 0 Å². The van der Waals surface area contributed by atoms with E-state index in [1.165, 1.54) is 4.68 Å². The van der Waals surface area contributed by atoms with Gasteiger partial charge in [-0.2, -0.15) is 0 Å². The van der Waals surface area contributed by atoms with Gasteiger partial charge in [0.05, 0.1) is 0 Å². The van der Waals surface area contributed by atoms with Crippen LogP contribution in [-0.4, -0.2) is 26.5 Å². The standard InChI is InChI=1S/C20H21N3O2/c1-14-10-12-15(13-11-14)17-21-18(16-8-6-5-7-9-16)23(22-17)19(24)25-20(2,3)4/h5-13H,1-4H3. The van der Waals surface area contributed by atoms with E-state index in [-0.39, 0.29) is 0 Å². The number of aromatic nitrogens is 3. The molecule has 5 heteroatoms. The van der Waals surface area contributed by atoms with E-state index in [2.05, 4.69) is 10.1 Å². The zero-order chi connectivity index (χ0) is 18.0. The van der Waals surface area contributed by atoms with Gasteiger partial charge in [0.25, 0.3) is 0 Å². The van der Waals surface area contributed by atoms with Crippen molar-refractivity contribution in [2.45, 2.75) is 33.3 Å². The molecule has 0 amide bonds. The monoisotopic (exact) mass is 335 g/mol. The first-order valence-electron chi connectivity index (χ1n) is 8.16. The minimum Gasteiger partial charge on any atom is -0.442 e. The Morgan fingerprint density at radius 3 is 2.20 bits per heavy atom. The summed E-state index contributed by atoms with van der Waals surface area (Å²) in [6, 6.07) is 17.4. The lowest BCUT2D eigenvalue weighted by Crippen LogP contribution is -2.28. The number of carbonyl (C=O) groups is 1. The number of hydrogen-bond donors (Lipinski definition) is 0. The Kier molecular flexibility index (Phi) is 4.40. The second-order valence-corrected chi connectivity index (χ2v) is 6.88. The lowest BCUT2D eigenvalue weighted by Gasteiger charge is -2.19. The highest BCUT2D eigenvalue weighted by molar-refractivity contribution is 5.77. The van der Waals surface area contributed by atoms with E-state index in [1.807, 2.05) is 82.3 Å². The minimum atomic E-state index is -0.610. The Morgan fingerprint density at radius 2 is 1.60 bits per heavy atom. The Hall–Kier alpha value is -2.95. The summed E-state index contributed by atoms with van der Waals surface area (Å²) in [5.74, 6) is 0.954. The first kappa shape index (κ1) is 16.9. The van der Waals surface area contributed by atoms with Gasteiger partial charge >= 0.3 is 6.09 Å². The lowest BCUT2D eigenvalue weighted by atomic mass is 10.1. The Labute approximate surface area is 147 Å². The summed E-state index contributed by atoms with van der Waals surface area (Å²) >= 11 is 0. The first-order chi connectivity index (χ1) is 11.8. The van der Waals surface area contributed by atoms with Gasteiger partial charge in [0.15, 0.2) is 11.6 Å². The zero-order valence-electron chi connectivity index (χ0n) is 14.9. The third kappa shape index (κ3) is 3.94. The highest BCUT2D eigenvalue weighted by Gasteiger charge is 2.24. The van der Waals surface area contributed by atoms with Gasteiger partial charge in [0.1, 0.15) is 5.60 Å². The summed E-state index contributed by atoms with van der Waals surface area (Å²) in [6.45, 7) is 7.49. The van der Waals surface area contributed by atoms with Gasteiger partial charge in [-0.3, -0.25) is 0 Å². The molecule has 25 heavy (non-hydrogen) atoms. The van der Waals surface area contributed by atoms with Crippen LogP contribution in [-0.2, 0) is 4.74 Å². The third-order valence-electron chi connectivity index (χ3n) is 3.52.